The van der Waals surface area contributed by atoms with E-state index in [0.717, 1.165) is 6.54 Å². The van der Waals surface area contributed by atoms with Crippen LogP contribution in [0.1, 0.15) is 19.8 Å². The lowest BCUT2D eigenvalue weighted by atomic mass is 10.2. The monoisotopic (exact) mass is 272 g/mol. The van der Waals surface area contributed by atoms with Crippen LogP contribution < -0.4 is 5.73 Å². The molecule has 0 amide bonds. The van der Waals surface area contributed by atoms with Crippen molar-refractivity contribution in [3.05, 3.63) is 23.7 Å². The van der Waals surface area contributed by atoms with Crippen LogP contribution >= 0.6 is 0 Å². The van der Waals surface area contributed by atoms with Gasteiger partial charge < -0.3 is 15.4 Å². The lowest BCUT2D eigenvalue weighted by Gasteiger charge is -2.28. The molecule has 1 saturated heterocycles. The van der Waals surface area contributed by atoms with Crippen LogP contribution in [0.4, 0.5) is 0 Å². The largest absolute Gasteiger partial charge is 0.488 e. The van der Waals surface area contributed by atoms with E-state index in [0.29, 0.717) is 30.8 Å². The van der Waals surface area contributed by atoms with Gasteiger partial charge in [0.05, 0.1) is 23.7 Å². The molecule has 1 fully saturated rings. The van der Waals surface area contributed by atoms with Gasteiger partial charge in [-0.3, -0.25) is 0 Å². The minimum absolute atomic E-state index is 0.0279. The Labute approximate surface area is 108 Å². The van der Waals surface area contributed by atoms with Crippen LogP contribution in [0.2, 0.25) is 0 Å². The van der Waals surface area contributed by atoms with Gasteiger partial charge in [0.1, 0.15) is 11.9 Å². The van der Waals surface area contributed by atoms with E-state index in [9.17, 15) is 8.42 Å². The number of nitrogens with two attached hydrogens (primary N) is 1. The molecule has 0 aromatic carbocycles. The van der Waals surface area contributed by atoms with Crippen molar-refractivity contribution in [3.8, 4) is 0 Å². The average molecular weight is 272 g/mol. The fraction of sp³-hybridized carbons (Fsp3) is 0.667. The molecule has 2 heterocycles. The van der Waals surface area contributed by atoms with Crippen molar-refractivity contribution >= 4 is 9.84 Å². The van der Waals surface area contributed by atoms with Crippen molar-refractivity contribution in [2.75, 3.05) is 24.6 Å². The van der Waals surface area contributed by atoms with Crippen LogP contribution in [0.5, 0.6) is 0 Å². The van der Waals surface area contributed by atoms with Gasteiger partial charge in [0, 0.05) is 12.7 Å². The fourth-order valence-corrected chi connectivity index (χ4v) is 3.58. The molecule has 6 heteroatoms. The summed E-state index contributed by atoms with van der Waals surface area (Å²) in [6.07, 6.45) is 4.92. The maximum absolute atomic E-state index is 11.3. The van der Waals surface area contributed by atoms with Crippen molar-refractivity contribution in [1.29, 1.82) is 0 Å². The van der Waals surface area contributed by atoms with E-state index in [4.69, 9.17) is 10.5 Å². The minimum atomic E-state index is -2.84. The number of likely N-dealkylation sites (N-methyl/N-ethyl adjacent to an activating group) is 1. The lowest BCUT2D eigenvalue weighted by Crippen LogP contribution is -2.31. The van der Waals surface area contributed by atoms with Gasteiger partial charge in [-0.1, -0.05) is 0 Å². The molecule has 0 saturated carbocycles. The average Bonchev–Trinajstić information content (AvgIpc) is 2.34. The van der Waals surface area contributed by atoms with Gasteiger partial charge in [-0.2, -0.15) is 0 Å². The highest BCUT2D eigenvalue weighted by molar-refractivity contribution is 7.91. The zero-order valence-corrected chi connectivity index (χ0v) is 11.4. The predicted molar refractivity (Wildman–Crippen MR) is 70.4 cm³/mol. The zero-order chi connectivity index (χ0) is 13.2. The number of hydrogen-bond donors (Lipinski definition) is 1. The molecule has 0 aromatic heterocycles. The summed E-state index contributed by atoms with van der Waals surface area (Å²) in [6, 6.07) is 0. The molecule has 2 rings (SSSR count). The van der Waals surface area contributed by atoms with Crippen molar-refractivity contribution in [2.24, 2.45) is 5.73 Å². The van der Waals surface area contributed by atoms with Crippen LogP contribution in [0.25, 0.3) is 0 Å². The molecule has 5 nitrogen and oxygen atoms in total. The number of nitrogens with zero attached hydrogens (tertiary/aromatic N) is 1. The second-order valence-corrected chi connectivity index (χ2v) is 7.04. The van der Waals surface area contributed by atoms with E-state index in [1.54, 1.807) is 0 Å². The Kier molecular flexibility index (Phi) is 3.85. The Hall–Kier alpha value is -1.17. The highest BCUT2D eigenvalue weighted by Gasteiger charge is 2.26. The van der Waals surface area contributed by atoms with Crippen LogP contribution in [0.15, 0.2) is 23.7 Å². The first kappa shape index (κ1) is 13.3. The summed E-state index contributed by atoms with van der Waals surface area (Å²) in [7, 11) is -2.84. The maximum Gasteiger partial charge on any atom is 0.150 e. The van der Waals surface area contributed by atoms with Gasteiger partial charge in [-0.15, -0.1) is 0 Å². The van der Waals surface area contributed by atoms with Gasteiger partial charge in [-0.05, 0) is 25.8 Å². The molecule has 0 unspecified atom stereocenters. The first-order valence-electron chi connectivity index (χ1n) is 6.28. The third-order valence-corrected chi connectivity index (χ3v) is 5.04. The first-order valence-corrected chi connectivity index (χ1v) is 8.10. The SMILES string of the molecule is CCN1C=CC(OC2CCS(=O)(=O)CC2)=C(N)C1. The van der Waals surface area contributed by atoms with Gasteiger partial charge >= 0.3 is 0 Å². The molecule has 0 spiro atoms. The molecule has 2 aliphatic rings. The second-order valence-electron chi connectivity index (χ2n) is 4.74. The highest BCUT2D eigenvalue weighted by atomic mass is 32.2. The maximum atomic E-state index is 11.3. The Morgan fingerprint density at radius 3 is 2.67 bits per heavy atom. The van der Waals surface area contributed by atoms with Crippen LogP contribution in [-0.4, -0.2) is 44.0 Å². The summed E-state index contributed by atoms with van der Waals surface area (Å²) in [4.78, 5) is 2.09. The van der Waals surface area contributed by atoms with Crippen molar-refractivity contribution < 1.29 is 13.2 Å². The third-order valence-electron chi connectivity index (χ3n) is 3.33. The standard InChI is InChI=1S/C12H20N2O3S/c1-2-14-6-3-12(11(13)9-14)17-10-4-7-18(15,16)8-5-10/h3,6,10H,2,4-5,7-9,13H2,1H3. The molecule has 2 N–H and O–H groups in total. The normalized spacial score (nSPS) is 24.4. The quantitative estimate of drug-likeness (QED) is 0.814. The van der Waals surface area contributed by atoms with Gasteiger partial charge in [0.25, 0.3) is 0 Å². The van der Waals surface area contributed by atoms with E-state index >= 15 is 0 Å². The Balaban J connectivity index is 1.93. The summed E-state index contributed by atoms with van der Waals surface area (Å²) in [5.41, 5.74) is 6.67. The predicted octanol–water partition coefficient (Wildman–Crippen LogP) is 0.600. The second kappa shape index (κ2) is 5.22. The third kappa shape index (κ3) is 3.19. The number of ether oxygens (including phenoxy) is 1. The molecule has 0 bridgehead atoms. The molecular weight excluding hydrogens is 252 g/mol. The Morgan fingerprint density at radius 1 is 1.44 bits per heavy atom. The van der Waals surface area contributed by atoms with Crippen molar-refractivity contribution in [2.45, 2.75) is 25.9 Å². The molecular formula is C12H20N2O3S. The molecule has 102 valence electrons. The topological polar surface area (TPSA) is 72.6 Å². The number of hydrogen-bond acceptors (Lipinski definition) is 5. The molecule has 0 radical (unpaired) electrons. The Morgan fingerprint density at radius 2 is 2.11 bits per heavy atom. The molecule has 18 heavy (non-hydrogen) atoms. The van der Waals surface area contributed by atoms with E-state index < -0.39 is 9.84 Å². The van der Waals surface area contributed by atoms with E-state index in [1.807, 2.05) is 12.3 Å². The number of allylic oxidation sites excluding steroid dienone is 1. The Bertz CT molecular complexity index is 454. The van der Waals surface area contributed by atoms with Crippen LogP contribution in [0.3, 0.4) is 0 Å². The van der Waals surface area contributed by atoms with Gasteiger partial charge in [-0.25, -0.2) is 8.42 Å². The van der Waals surface area contributed by atoms with Crippen molar-refractivity contribution in [1.82, 2.24) is 4.90 Å². The molecule has 0 aliphatic carbocycles. The minimum Gasteiger partial charge on any atom is -0.488 e. The summed E-state index contributed by atoms with van der Waals surface area (Å²) >= 11 is 0. The zero-order valence-electron chi connectivity index (χ0n) is 10.6. The summed E-state index contributed by atoms with van der Waals surface area (Å²) in [5.74, 6) is 1.13. The van der Waals surface area contributed by atoms with Crippen LogP contribution in [0, 0.1) is 0 Å². The molecule has 0 aromatic rings. The van der Waals surface area contributed by atoms with E-state index in [1.165, 1.54) is 0 Å². The van der Waals surface area contributed by atoms with E-state index in [2.05, 4.69) is 11.8 Å². The number of rotatable bonds is 3. The fourth-order valence-electron chi connectivity index (χ4n) is 2.13. The van der Waals surface area contributed by atoms with Gasteiger partial charge in [0.15, 0.2) is 9.84 Å². The number of sulfone groups is 1. The van der Waals surface area contributed by atoms with Crippen molar-refractivity contribution in [3.63, 3.8) is 0 Å². The highest BCUT2D eigenvalue weighted by Crippen LogP contribution is 2.21. The summed E-state index contributed by atoms with van der Waals surface area (Å²) in [5, 5.41) is 0. The lowest BCUT2D eigenvalue weighted by molar-refractivity contribution is 0.110. The first-order chi connectivity index (χ1) is 8.50. The summed E-state index contributed by atoms with van der Waals surface area (Å²) in [6.45, 7) is 3.65. The summed E-state index contributed by atoms with van der Waals surface area (Å²) < 4.78 is 28.5. The van der Waals surface area contributed by atoms with Crippen LogP contribution in [-0.2, 0) is 14.6 Å². The molecule has 2 aliphatic heterocycles. The smallest absolute Gasteiger partial charge is 0.150 e. The molecule has 0 atom stereocenters. The van der Waals surface area contributed by atoms with Gasteiger partial charge in [0.2, 0.25) is 0 Å². The van der Waals surface area contributed by atoms with E-state index in [-0.39, 0.29) is 17.6 Å².